The van der Waals surface area contributed by atoms with Crippen molar-refractivity contribution in [3.8, 4) is 6.07 Å². The summed E-state index contributed by atoms with van der Waals surface area (Å²) < 4.78 is 14.9. The van der Waals surface area contributed by atoms with E-state index in [9.17, 15) is 9.18 Å². The van der Waals surface area contributed by atoms with Crippen molar-refractivity contribution >= 4 is 27.3 Å². The summed E-state index contributed by atoms with van der Waals surface area (Å²) in [5, 5.41) is 9.39. The van der Waals surface area contributed by atoms with Crippen molar-refractivity contribution < 1.29 is 9.18 Å². The molecule has 1 aromatic carbocycles. The van der Waals surface area contributed by atoms with Crippen LogP contribution in [0.15, 0.2) is 42.7 Å². The number of hydrogen-bond acceptors (Lipinski definition) is 4. The Kier molecular flexibility index (Phi) is 5.05. The van der Waals surface area contributed by atoms with Gasteiger partial charge in [0.05, 0.1) is 17.4 Å². The highest BCUT2D eigenvalue weighted by Crippen LogP contribution is 2.33. The first-order valence-electron chi connectivity index (χ1n) is 7.84. The van der Waals surface area contributed by atoms with Gasteiger partial charge in [0.1, 0.15) is 5.82 Å². The normalized spacial score (nSPS) is 10.6. The van der Waals surface area contributed by atoms with Crippen molar-refractivity contribution in [3.63, 3.8) is 0 Å². The van der Waals surface area contributed by atoms with Crippen LogP contribution in [-0.2, 0) is 6.54 Å². The lowest BCUT2D eigenvalue weighted by molar-refractivity contribution is 0.0751. The molecule has 0 fully saturated rings. The van der Waals surface area contributed by atoms with Gasteiger partial charge in [0.25, 0.3) is 5.91 Å². The molecule has 3 rings (SSSR count). The highest BCUT2D eigenvalue weighted by Gasteiger charge is 2.22. The first-order chi connectivity index (χ1) is 12.1. The first-order valence-corrected chi connectivity index (χ1v) is 8.66. The lowest BCUT2D eigenvalue weighted by Crippen LogP contribution is -2.31. The summed E-state index contributed by atoms with van der Waals surface area (Å²) in [6, 6.07) is 10.6. The molecule has 2 heterocycles. The quantitative estimate of drug-likeness (QED) is 0.687. The highest BCUT2D eigenvalue weighted by atomic mass is 32.1. The smallest absolute Gasteiger partial charge is 0.264 e. The van der Waals surface area contributed by atoms with Crippen LogP contribution in [0.25, 0.3) is 10.1 Å². The van der Waals surface area contributed by atoms with Crippen LogP contribution in [0, 0.1) is 24.1 Å². The van der Waals surface area contributed by atoms with Crippen molar-refractivity contribution in [1.29, 1.82) is 5.26 Å². The van der Waals surface area contributed by atoms with Crippen LogP contribution < -0.4 is 0 Å². The number of aryl methyl sites for hydroxylation is 1. The molecule has 0 radical (unpaired) electrons. The summed E-state index contributed by atoms with van der Waals surface area (Å²) in [4.78, 5) is 19.2. The Morgan fingerprint density at radius 2 is 2.20 bits per heavy atom. The van der Waals surface area contributed by atoms with E-state index in [1.54, 1.807) is 30.3 Å². The van der Waals surface area contributed by atoms with Gasteiger partial charge in [-0.1, -0.05) is 12.1 Å². The van der Waals surface area contributed by atoms with Crippen LogP contribution in [0.1, 0.15) is 27.2 Å². The zero-order chi connectivity index (χ0) is 17.8. The van der Waals surface area contributed by atoms with Crippen LogP contribution in [0.2, 0.25) is 0 Å². The van der Waals surface area contributed by atoms with E-state index >= 15 is 0 Å². The third-order valence-corrected chi connectivity index (χ3v) is 5.22. The summed E-state index contributed by atoms with van der Waals surface area (Å²) in [5.74, 6) is -0.502. The molecular formula is C19H16FN3OS. The molecule has 3 aromatic rings. The number of aromatic nitrogens is 1. The van der Waals surface area contributed by atoms with E-state index in [-0.39, 0.29) is 18.1 Å². The molecule has 0 atom stereocenters. The van der Waals surface area contributed by atoms with E-state index < -0.39 is 0 Å². The van der Waals surface area contributed by atoms with Crippen LogP contribution in [0.3, 0.4) is 0 Å². The zero-order valence-corrected chi connectivity index (χ0v) is 14.5. The molecule has 0 unspecified atom stereocenters. The number of benzene rings is 1. The van der Waals surface area contributed by atoms with Gasteiger partial charge in [-0.2, -0.15) is 5.26 Å². The summed E-state index contributed by atoms with van der Waals surface area (Å²) >= 11 is 1.29. The minimum Gasteiger partial charge on any atom is -0.333 e. The second-order valence-corrected chi connectivity index (χ2v) is 6.72. The molecule has 1 amide bonds. The van der Waals surface area contributed by atoms with Gasteiger partial charge in [0.15, 0.2) is 0 Å². The average molecular weight is 353 g/mol. The Morgan fingerprint density at radius 1 is 1.36 bits per heavy atom. The molecule has 25 heavy (non-hydrogen) atoms. The van der Waals surface area contributed by atoms with Crippen molar-refractivity contribution in [2.45, 2.75) is 19.9 Å². The largest absolute Gasteiger partial charge is 0.333 e. The molecule has 0 aliphatic carbocycles. The number of nitrogens with zero attached hydrogens (tertiary/aromatic N) is 3. The number of pyridine rings is 1. The maximum Gasteiger partial charge on any atom is 0.264 e. The number of carbonyl (C=O) groups excluding carboxylic acids is 1. The van der Waals surface area contributed by atoms with Crippen LogP contribution in [0.4, 0.5) is 4.39 Å². The van der Waals surface area contributed by atoms with E-state index in [0.29, 0.717) is 28.9 Å². The Hall–Kier alpha value is -2.78. The molecule has 4 nitrogen and oxygen atoms in total. The minimum absolute atomic E-state index is 0.183. The van der Waals surface area contributed by atoms with Gasteiger partial charge < -0.3 is 4.90 Å². The van der Waals surface area contributed by atoms with Gasteiger partial charge in [-0.3, -0.25) is 9.78 Å². The standard InChI is InChI=1S/C19H16FN3OS/c1-13-17-15(20)6-2-7-16(17)25-18(13)19(24)23(10-4-8-21)12-14-5-3-9-22-11-14/h2-3,5-7,9,11H,4,10,12H2,1H3. The third-order valence-electron chi connectivity index (χ3n) is 3.97. The number of fused-ring (bicyclic) bond motifs is 1. The third kappa shape index (κ3) is 3.52. The molecule has 0 aliphatic rings. The fourth-order valence-corrected chi connectivity index (χ4v) is 3.94. The lowest BCUT2D eigenvalue weighted by Gasteiger charge is -2.21. The number of hydrogen-bond donors (Lipinski definition) is 0. The maximum absolute atomic E-state index is 14.1. The summed E-state index contributed by atoms with van der Waals surface area (Å²) in [5.41, 5.74) is 1.54. The van der Waals surface area contributed by atoms with E-state index in [1.165, 1.54) is 17.4 Å². The van der Waals surface area contributed by atoms with Crippen LogP contribution >= 0.6 is 11.3 Å². The Labute approximate surface area is 149 Å². The number of rotatable bonds is 5. The van der Waals surface area contributed by atoms with Gasteiger partial charge in [-0.15, -0.1) is 11.3 Å². The SMILES string of the molecule is Cc1c(C(=O)N(CCC#N)Cc2cccnc2)sc2cccc(F)c12. The highest BCUT2D eigenvalue weighted by molar-refractivity contribution is 7.21. The Bertz CT molecular complexity index is 946. The van der Waals surface area contributed by atoms with Gasteiger partial charge >= 0.3 is 0 Å². The maximum atomic E-state index is 14.1. The Balaban J connectivity index is 1.96. The molecule has 0 N–H and O–H groups in total. The summed E-state index contributed by atoms with van der Waals surface area (Å²) in [6.07, 6.45) is 3.61. The van der Waals surface area contributed by atoms with Crippen molar-refractivity contribution in [2.75, 3.05) is 6.54 Å². The summed E-state index contributed by atoms with van der Waals surface area (Å²) in [6.45, 7) is 2.45. The van der Waals surface area contributed by atoms with Crippen LogP contribution in [0.5, 0.6) is 0 Å². The number of thiophene rings is 1. The minimum atomic E-state index is -0.318. The lowest BCUT2D eigenvalue weighted by atomic mass is 10.1. The van der Waals surface area contributed by atoms with Gasteiger partial charge in [-0.25, -0.2) is 4.39 Å². The van der Waals surface area contributed by atoms with E-state index in [4.69, 9.17) is 5.26 Å². The van der Waals surface area contributed by atoms with Crippen molar-refractivity contribution in [3.05, 3.63) is 64.5 Å². The zero-order valence-electron chi connectivity index (χ0n) is 13.7. The van der Waals surface area contributed by atoms with Crippen LogP contribution in [-0.4, -0.2) is 22.3 Å². The van der Waals surface area contributed by atoms with Gasteiger partial charge in [0, 0.05) is 35.6 Å². The molecule has 0 saturated carbocycles. The van der Waals surface area contributed by atoms with E-state index in [2.05, 4.69) is 11.1 Å². The fourth-order valence-electron chi connectivity index (χ4n) is 2.75. The molecule has 2 aromatic heterocycles. The molecule has 0 aliphatic heterocycles. The van der Waals surface area contributed by atoms with Crippen molar-refractivity contribution in [1.82, 2.24) is 9.88 Å². The topological polar surface area (TPSA) is 57.0 Å². The summed E-state index contributed by atoms with van der Waals surface area (Å²) in [7, 11) is 0. The molecule has 0 spiro atoms. The van der Waals surface area contributed by atoms with Gasteiger partial charge in [-0.05, 0) is 36.2 Å². The molecule has 6 heteroatoms. The first kappa shape index (κ1) is 17.1. The van der Waals surface area contributed by atoms with E-state index in [0.717, 1.165) is 10.3 Å². The molecule has 126 valence electrons. The van der Waals surface area contributed by atoms with Crippen molar-refractivity contribution in [2.24, 2.45) is 0 Å². The second-order valence-electron chi connectivity index (χ2n) is 5.67. The molecular weight excluding hydrogens is 337 g/mol. The number of nitriles is 1. The van der Waals surface area contributed by atoms with E-state index in [1.807, 2.05) is 18.2 Å². The predicted molar refractivity (Wildman–Crippen MR) is 95.7 cm³/mol. The van der Waals surface area contributed by atoms with Gasteiger partial charge in [0.2, 0.25) is 0 Å². The molecule has 0 saturated heterocycles. The monoisotopic (exact) mass is 353 g/mol. The second kappa shape index (κ2) is 7.41. The number of amides is 1. The Morgan fingerprint density at radius 3 is 2.88 bits per heavy atom. The fraction of sp³-hybridized carbons (Fsp3) is 0.211. The number of carbonyl (C=O) groups is 1. The molecule has 0 bridgehead atoms. The number of halogens is 1. The average Bonchev–Trinajstić information content (AvgIpc) is 2.97. The predicted octanol–water partition coefficient (Wildman–Crippen LogP) is 4.30.